The van der Waals surface area contributed by atoms with Gasteiger partial charge in [0.05, 0.1) is 16.9 Å². The molecule has 2 aromatic rings. The Bertz CT molecular complexity index is 690. The van der Waals surface area contributed by atoms with E-state index >= 15 is 0 Å². The molecule has 1 fully saturated rings. The van der Waals surface area contributed by atoms with E-state index < -0.39 is 0 Å². The number of nitrogens with zero attached hydrogens (tertiary/aromatic N) is 3. The standard InChI is InChI=1S/C13H17BrN6O/c14-10-6-18-20(7-8-2-1-3-8)13(21)11(10)16-4-9-5-17-19-12(9)15/h5-6,8,16H,1-4,7H2,(H3,15,17,19). The van der Waals surface area contributed by atoms with Crippen molar-refractivity contribution in [3.05, 3.63) is 32.8 Å². The summed E-state index contributed by atoms with van der Waals surface area (Å²) < 4.78 is 2.19. The third kappa shape index (κ3) is 2.94. The Labute approximate surface area is 130 Å². The van der Waals surface area contributed by atoms with Crippen molar-refractivity contribution < 1.29 is 0 Å². The topological polar surface area (TPSA) is 102 Å². The fourth-order valence-electron chi connectivity index (χ4n) is 2.32. The van der Waals surface area contributed by atoms with Gasteiger partial charge in [0.25, 0.3) is 5.56 Å². The summed E-state index contributed by atoms with van der Waals surface area (Å²) in [5, 5.41) is 13.8. The summed E-state index contributed by atoms with van der Waals surface area (Å²) in [4.78, 5) is 12.5. The number of H-pyrrole nitrogens is 1. The maximum atomic E-state index is 12.5. The number of hydrogen-bond acceptors (Lipinski definition) is 5. The van der Waals surface area contributed by atoms with Gasteiger partial charge in [-0.15, -0.1) is 0 Å². The van der Waals surface area contributed by atoms with Gasteiger partial charge in [-0.2, -0.15) is 10.2 Å². The number of aromatic nitrogens is 4. The van der Waals surface area contributed by atoms with E-state index in [1.807, 2.05) is 0 Å². The van der Waals surface area contributed by atoms with Crippen molar-refractivity contribution in [1.82, 2.24) is 20.0 Å². The van der Waals surface area contributed by atoms with E-state index in [9.17, 15) is 4.79 Å². The number of nitrogens with two attached hydrogens (primary N) is 1. The van der Waals surface area contributed by atoms with Gasteiger partial charge < -0.3 is 11.1 Å². The van der Waals surface area contributed by atoms with E-state index in [2.05, 4.69) is 36.5 Å². The average Bonchev–Trinajstić information content (AvgIpc) is 2.81. The molecule has 0 aromatic carbocycles. The lowest BCUT2D eigenvalue weighted by molar-refractivity contribution is 0.262. The molecule has 0 bridgehead atoms. The zero-order chi connectivity index (χ0) is 14.8. The lowest BCUT2D eigenvalue weighted by Crippen LogP contribution is -2.30. The summed E-state index contributed by atoms with van der Waals surface area (Å²) in [6.45, 7) is 1.12. The summed E-state index contributed by atoms with van der Waals surface area (Å²) in [7, 11) is 0. The second kappa shape index (κ2) is 5.88. The number of nitrogens with one attached hydrogen (secondary N) is 2. The summed E-state index contributed by atoms with van der Waals surface area (Å²) in [6.07, 6.45) is 6.91. The Balaban J connectivity index is 1.78. The number of rotatable bonds is 5. The highest BCUT2D eigenvalue weighted by Crippen LogP contribution is 2.27. The molecule has 2 aromatic heterocycles. The summed E-state index contributed by atoms with van der Waals surface area (Å²) in [5.41, 5.74) is 6.95. The number of halogens is 1. The highest BCUT2D eigenvalue weighted by molar-refractivity contribution is 9.10. The molecular formula is C13H17BrN6O. The third-order valence-corrected chi connectivity index (χ3v) is 4.46. The molecule has 0 radical (unpaired) electrons. The quantitative estimate of drug-likeness (QED) is 0.760. The zero-order valence-electron chi connectivity index (χ0n) is 11.5. The fourth-order valence-corrected chi connectivity index (χ4v) is 2.73. The van der Waals surface area contributed by atoms with E-state index in [-0.39, 0.29) is 5.56 Å². The molecule has 3 rings (SSSR count). The number of aromatic amines is 1. The lowest BCUT2D eigenvalue weighted by atomic mass is 9.85. The van der Waals surface area contributed by atoms with Crippen LogP contribution < -0.4 is 16.6 Å². The Morgan fingerprint density at radius 3 is 2.90 bits per heavy atom. The van der Waals surface area contributed by atoms with Gasteiger partial charge in [-0.1, -0.05) is 6.42 Å². The van der Waals surface area contributed by atoms with Gasteiger partial charge in [0.2, 0.25) is 0 Å². The predicted octanol–water partition coefficient (Wildman–Crippen LogP) is 1.72. The molecule has 112 valence electrons. The fraction of sp³-hybridized carbons (Fsp3) is 0.462. The van der Waals surface area contributed by atoms with Crippen molar-refractivity contribution in [2.75, 3.05) is 11.1 Å². The van der Waals surface area contributed by atoms with Gasteiger partial charge in [0.1, 0.15) is 11.5 Å². The van der Waals surface area contributed by atoms with E-state index in [1.165, 1.54) is 23.9 Å². The first kappa shape index (κ1) is 14.1. The molecule has 4 N–H and O–H groups in total. The van der Waals surface area contributed by atoms with Gasteiger partial charge >= 0.3 is 0 Å². The molecule has 1 saturated carbocycles. The minimum absolute atomic E-state index is 0.113. The van der Waals surface area contributed by atoms with Gasteiger partial charge in [0, 0.05) is 18.7 Å². The smallest absolute Gasteiger partial charge is 0.291 e. The van der Waals surface area contributed by atoms with Crippen LogP contribution in [0.1, 0.15) is 24.8 Å². The first-order valence-electron chi connectivity index (χ1n) is 6.92. The minimum Gasteiger partial charge on any atom is -0.384 e. The molecule has 2 heterocycles. The first-order valence-corrected chi connectivity index (χ1v) is 7.71. The van der Waals surface area contributed by atoms with Crippen LogP contribution in [0.25, 0.3) is 0 Å². The van der Waals surface area contributed by atoms with E-state index in [0.29, 0.717) is 35.0 Å². The molecule has 21 heavy (non-hydrogen) atoms. The largest absolute Gasteiger partial charge is 0.384 e. The summed E-state index contributed by atoms with van der Waals surface area (Å²) >= 11 is 3.37. The Kier molecular flexibility index (Phi) is 3.96. The second-order valence-corrected chi connectivity index (χ2v) is 6.17. The highest BCUT2D eigenvalue weighted by Gasteiger charge is 2.20. The molecule has 0 atom stereocenters. The molecule has 0 spiro atoms. The van der Waals surface area contributed by atoms with Crippen LogP contribution in [0.2, 0.25) is 0 Å². The molecule has 1 aliphatic carbocycles. The van der Waals surface area contributed by atoms with Crippen LogP contribution in [-0.2, 0) is 13.1 Å². The first-order chi connectivity index (χ1) is 10.1. The van der Waals surface area contributed by atoms with Crippen molar-refractivity contribution in [2.24, 2.45) is 5.92 Å². The van der Waals surface area contributed by atoms with Gasteiger partial charge in [-0.25, -0.2) is 4.68 Å². The maximum Gasteiger partial charge on any atom is 0.291 e. The van der Waals surface area contributed by atoms with Crippen LogP contribution >= 0.6 is 15.9 Å². The summed E-state index contributed by atoms with van der Waals surface area (Å²) in [5.74, 6) is 1.08. The Morgan fingerprint density at radius 1 is 1.48 bits per heavy atom. The average molecular weight is 353 g/mol. The van der Waals surface area contributed by atoms with E-state index in [1.54, 1.807) is 12.4 Å². The van der Waals surface area contributed by atoms with Gasteiger partial charge in [-0.3, -0.25) is 9.89 Å². The van der Waals surface area contributed by atoms with Gasteiger partial charge in [-0.05, 0) is 34.7 Å². The molecule has 0 aliphatic heterocycles. The third-order valence-electron chi connectivity index (χ3n) is 3.86. The van der Waals surface area contributed by atoms with Crippen molar-refractivity contribution in [1.29, 1.82) is 0 Å². The number of anilines is 2. The molecule has 8 heteroatoms. The maximum absolute atomic E-state index is 12.5. The van der Waals surface area contributed by atoms with Crippen molar-refractivity contribution >= 4 is 27.4 Å². The van der Waals surface area contributed by atoms with Crippen LogP contribution in [0.3, 0.4) is 0 Å². The summed E-state index contributed by atoms with van der Waals surface area (Å²) in [6, 6.07) is 0. The van der Waals surface area contributed by atoms with E-state index in [4.69, 9.17) is 5.73 Å². The zero-order valence-corrected chi connectivity index (χ0v) is 13.1. The molecule has 7 nitrogen and oxygen atoms in total. The molecule has 0 unspecified atom stereocenters. The van der Waals surface area contributed by atoms with Crippen LogP contribution in [0.4, 0.5) is 11.5 Å². The molecule has 1 aliphatic rings. The molecule has 0 amide bonds. The molecular weight excluding hydrogens is 336 g/mol. The van der Waals surface area contributed by atoms with Gasteiger partial charge in [0.15, 0.2) is 0 Å². The van der Waals surface area contributed by atoms with Crippen molar-refractivity contribution in [3.8, 4) is 0 Å². The Hall–Kier alpha value is -1.83. The van der Waals surface area contributed by atoms with Crippen LogP contribution in [0, 0.1) is 5.92 Å². The number of nitrogen functional groups attached to an aromatic ring is 1. The second-order valence-electron chi connectivity index (χ2n) is 5.31. The normalized spacial score (nSPS) is 14.9. The monoisotopic (exact) mass is 352 g/mol. The van der Waals surface area contributed by atoms with Crippen molar-refractivity contribution in [2.45, 2.75) is 32.4 Å². The van der Waals surface area contributed by atoms with Crippen LogP contribution in [0.15, 0.2) is 21.7 Å². The highest BCUT2D eigenvalue weighted by atomic mass is 79.9. The lowest BCUT2D eigenvalue weighted by Gasteiger charge is -2.25. The Morgan fingerprint density at radius 2 is 2.29 bits per heavy atom. The van der Waals surface area contributed by atoms with Crippen LogP contribution in [-0.4, -0.2) is 20.0 Å². The SMILES string of the molecule is Nc1[nH]ncc1CNc1c(Br)cnn(CC2CCC2)c1=O. The minimum atomic E-state index is -0.113. The van der Waals surface area contributed by atoms with Crippen molar-refractivity contribution in [3.63, 3.8) is 0 Å². The number of hydrogen-bond donors (Lipinski definition) is 3. The van der Waals surface area contributed by atoms with E-state index in [0.717, 1.165) is 5.56 Å². The predicted molar refractivity (Wildman–Crippen MR) is 83.9 cm³/mol. The van der Waals surface area contributed by atoms with Crippen LogP contribution in [0.5, 0.6) is 0 Å². The molecule has 0 saturated heterocycles.